The van der Waals surface area contributed by atoms with Gasteiger partial charge in [0.25, 0.3) is 0 Å². The maximum atomic E-state index is 6.02. The molecule has 1 aliphatic rings. The normalized spacial score (nSPS) is 15.4. The number of ether oxygens (including phenoxy) is 1. The van der Waals surface area contributed by atoms with Crippen molar-refractivity contribution in [3.05, 3.63) is 65.7 Å². The number of halogens is 2. The number of benzene rings is 2. The van der Waals surface area contributed by atoms with Gasteiger partial charge in [-0.2, -0.15) is 0 Å². The molecular formula is C21H30Cl2N2O. The van der Waals surface area contributed by atoms with Crippen molar-refractivity contribution in [1.82, 2.24) is 10.2 Å². The summed E-state index contributed by atoms with van der Waals surface area (Å²) in [5, 5.41) is 3.45. The molecule has 2 aromatic rings. The Morgan fingerprint density at radius 1 is 1.00 bits per heavy atom. The quantitative estimate of drug-likeness (QED) is 0.723. The largest absolute Gasteiger partial charge is 0.489 e. The van der Waals surface area contributed by atoms with Gasteiger partial charge in [0.15, 0.2) is 0 Å². The molecule has 0 saturated carbocycles. The summed E-state index contributed by atoms with van der Waals surface area (Å²) in [6, 6.07) is 19.5. The molecule has 0 bridgehead atoms. The van der Waals surface area contributed by atoms with Gasteiger partial charge in [0.1, 0.15) is 12.4 Å². The van der Waals surface area contributed by atoms with E-state index in [1.54, 1.807) is 0 Å². The molecule has 3 rings (SSSR count). The van der Waals surface area contributed by atoms with Crippen molar-refractivity contribution in [3.63, 3.8) is 0 Å². The molecule has 0 aliphatic carbocycles. The van der Waals surface area contributed by atoms with Crippen LogP contribution in [0.15, 0.2) is 54.6 Å². The minimum atomic E-state index is 0. The molecule has 1 N–H and O–H groups in total. The highest BCUT2D eigenvalue weighted by Gasteiger charge is 2.21. The molecule has 1 saturated heterocycles. The average Bonchev–Trinajstić information content (AvgIpc) is 2.66. The first-order valence-corrected chi connectivity index (χ1v) is 9.08. The van der Waals surface area contributed by atoms with E-state index in [0.717, 1.165) is 31.9 Å². The standard InChI is InChI=1S/C21H28N2O.2ClH/c1-2-7-21(23-14-12-22-13-15-23)19-10-6-11-20(16-19)24-17-18-8-4-3-5-9-18;;/h3-6,8-11,16,21-22H,2,7,12-15,17H2,1H3;2*1H/t21-;;/m0../s1. The van der Waals surface area contributed by atoms with Crippen molar-refractivity contribution >= 4 is 24.8 Å². The minimum absolute atomic E-state index is 0. The predicted molar refractivity (Wildman–Crippen MR) is 114 cm³/mol. The zero-order valence-electron chi connectivity index (χ0n) is 15.4. The van der Waals surface area contributed by atoms with Gasteiger partial charge in [0, 0.05) is 32.2 Å². The number of hydrogen-bond acceptors (Lipinski definition) is 3. The number of hydrogen-bond donors (Lipinski definition) is 1. The van der Waals surface area contributed by atoms with Gasteiger partial charge in [-0.1, -0.05) is 55.8 Å². The number of nitrogens with zero attached hydrogens (tertiary/aromatic N) is 1. The van der Waals surface area contributed by atoms with E-state index in [1.807, 2.05) is 6.07 Å². The van der Waals surface area contributed by atoms with E-state index in [4.69, 9.17) is 4.74 Å². The van der Waals surface area contributed by atoms with Crippen LogP contribution >= 0.6 is 24.8 Å². The summed E-state index contributed by atoms with van der Waals surface area (Å²) in [5.74, 6) is 0.965. The lowest BCUT2D eigenvalue weighted by molar-refractivity contribution is 0.164. The molecular weight excluding hydrogens is 367 g/mol. The summed E-state index contributed by atoms with van der Waals surface area (Å²) < 4.78 is 6.02. The first kappa shape index (κ1) is 22.8. The lowest BCUT2D eigenvalue weighted by Crippen LogP contribution is -2.45. The number of rotatable bonds is 7. The molecule has 144 valence electrons. The molecule has 5 heteroatoms. The third-order valence-corrected chi connectivity index (χ3v) is 4.65. The van der Waals surface area contributed by atoms with Crippen LogP contribution in [-0.2, 0) is 6.61 Å². The SMILES string of the molecule is CCC[C@@H](c1cccc(OCc2ccccc2)c1)N1CCNCC1.Cl.Cl. The fourth-order valence-electron chi connectivity index (χ4n) is 3.38. The minimum Gasteiger partial charge on any atom is -0.489 e. The fraction of sp³-hybridized carbons (Fsp3) is 0.429. The van der Waals surface area contributed by atoms with Crippen molar-refractivity contribution in [1.29, 1.82) is 0 Å². The molecule has 0 unspecified atom stereocenters. The lowest BCUT2D eigenvalue weighted by atomic mass is 9.99. The molecule has 1 aliphatic heterocycles. The molecule has 0 aromatic heterocycles. The summed E-state index contributed by atoms with van der Waals surface area (Å²) in [7, 11) is 0. The maximum Gasteiger partial charge on any atom is 0.120 e. The lowest BCUT2D eigenvalue weighted by Gasteiger charge is -2.35. The van der Waals surface area contributed by atoms with Gasteiger partial charge in [0.05, 0.1) is 0 Å². The smallest absolute Gasteiger partial charge is 0.120 e. The fourth-order valence-corrected chi connectivity index (χ4v) is 3.38. The average molecular weight is 397 g/mol. The Morgan fingerprint density at radius 3 is 2.42 bits per heavy atom. The Kier molecular flexibility index (Phi) is 10.7. The Morgan fingerprint density at radius 2 is 1.73 bits per heavy atom. The molecule has 1 fully saturated rings. The van der Waals surface area contributed by atoms with Crippen LogP contribution in [0.25, 0.3) is 0 Å². The monoisotopic (exact) mass is 396 g/mol. The van der Waals surface area contributed by atoms with Gasteiger partial charge >= 0.3 is 0 Å². The van der Waals surface area contributed by atoms with Gasteiger partial charge in [0.2, 0.25) is 0 Å². The topological polar surface area (TPSA) is 24.5 Å². The van der Waals surface area contributed by atoms with Crippen molar-refractivity contribution < 1.29 is 4.74 Å². The van der Waals surface area contributed by atoms with Gasteiger partial charge in [-0.25, -0.2) is 0 Å². The van der Waals surface area contributed by atoms with E-state index in [0.29, 0.717) is 12.6 Å². The first-order chi connectivity index (χ1) is 11.9. The van der Waals surface area contributed by atoms with Gasteiger partial charge in [-0.05, 0) is 29.7 Å². The van der Waals surface area contributed by atoms with Crippen LogP contribution in [0.4, 0.5) is 0 Å². The Balaban J connectivity index is 0.00000169. The zero-order valence-corrected chi connectivity index (χ0v) is 17.0. The molecule has 2 aromatic carbocycles. The van der Waals surface area contributed by atoms with Gasteiger partial charge < -0.3 is 10.1 Å². The molecule has 1 atom stereocenters. The van der Waals surface area contributed by atoms with Crippen LogP contribution in [0.1, 0.15) is 36.9 Å². The highest BCUT2D eigenvalue weighted by molar-refractivity contribution is 5.85. The maximum absolute atomic E-state index is 6.02. The molecule has 0 radical (unpaired) electrons. The molecule has 1 heterocycles. The second-order valence-electron chi connectivity index (χ2n) is 6.44. The molecule has 0 amide bonds. The summed E-state index contributed by atoms with van der Waals surface area (Å²) in [6.07, 6.45) is 2.39. The van der Waals surface area contributed by atoms with Crippen molar-refractivity contribution in [3.8, 4) is 5.75 Å². The Hall–Kier alpha value is -1.26. The van der Waals surface area contributed by atoms with Crippen molar-refractivity contribution in [2.45, 2.75) is 32.4 Å². The highest BCUT2D eigenvalue weighted by atomic mass is 35.5. The van der Waals surface area contributed by atoms with Crippen LogP contribution in [-0.4, -0.2) is 31.1 Å². The van der Waals surface area contributed by atoms with Crippen molar-refractivity contribution in [2.75, 3.05) is 26.2 Å². The third-order valence-electron chi connectivity index (χ3n) is 4.65. The van der Waals surface area contributed by atoms with Gasteiger partial charge in [-0.15, -0.1) is 24.8 Å². The first-order valence-electron chi connectivity index (χ1n) is 9.08. The zero-order chi connectivity index (χ0) is 16.6. The second-order valence-corrected chi connectivity index (χ2v) is 6.44. The van der Waals surface area contributed by atoms with Crippen LogP contribution in [0.3, 0.4) is 0 Å². The summed E-state index contributed by atoms with van der Waals surface area (Å²) in [6.45, 7) is 7.32. The van der Waals surface area contributed by atoms with E-state index in [1.165, 1.54) is 24.0 Å². The van der Waals surface area contributed by atoms with E-state index >= 15 is 0 Å². The van der Waals surface area contributed by atoms with E-state index < -0.39 is 0 Å². The predicted octanol–water partition coefficient (Wildman–Crippen LogP) is 4.86. The van der Waals surface area contributed by atoms with Crippen LogP contribution in [0, 0.1) is 0 Å². The number of nitrogens with one attached hydrogen (secondary N) is 1. The summed E-state index contributed by atoms with van der Waals surface area (Å²) >= 11 is 0. The molecule has 26 heavy (non-hydrogen) atoms. The van der Waals surface area contributed by atoms with E-state index in [9.17, 15) is 0 Å². The molecule has 3 nitrogen and oxygen atoms in total. The van der Waals surface area contributed by atoms with Crippen LogP contribution < -0.4 is 10.1 Å². The number of piperazine rings is 1. The van der Waals surface area contributed by atoms with E-state index in [2.05, 4.69) is 65.7 Å². The van der Waals surface area contributed by atoms with Crippen LogP contribution in [0.5, 0.6) is 5.75 Å². The summed E-state index contributed by atoms with van der Waals surface area (Å²) in [4.78, 5) is 2.61. The van der Waals surface area contributed by atoms with Gasteiger partial charge in [-0.3, -0.25) is 4.90 Å². The van der Waals surface area contributed by atoms with Crippen LogP contribution in [0.2, 0.25) is 0 Å². The second kappa shape index (κ2) is 12.2. The van der Waals surface area contributed by atoms with Crippen molar-refractivity contribution in [2.24, 2.45) is 0 Å². The summed E-state index contributed by atoms with van der Waals surface area (Å²) in [5.41, 5.74) is 2.58. The highest BCUT2D eigenvalue weighted by Crippen LogP contribution is 2.28. The third kappa shape index (κ3) is 6.48. The Labute approximate surface area is 169 Å². The Bertz CT molecular complexity index is 618. The molecule has 0 spiro atoms. The van der Waals surface area contributed by atoms with E-state index in [-0.39, 0.29) is 24.8 Å².